The molecular formula is C17H27N3O3S. The van der Waals surface area contributed by atoms with Gasteiger partial charge in [0.05, 0.1) is 11.5 Å². The maximum atomic E-state index is 13.1. The molecule has 0 aromatic carbocycles. The average Bonchev–Trinajstić information content (AvgIpc) is 3.14. The van der Waals surface area contributed by atoms with E-state index in [-0.39, 0.29) is 36.0 Å². The summed E-state index contributed by atoms with van der Waals surface area (Å²) in [6, 6.07) is 0.0392. The third-order valence-corrected chi connectivity index (χ3v) is 7.03. The van der Waals surface area contributed by atoms with Gasteiger partial charge in [0.25, 0.3) is 0 Å². The maximum absolute atomic E-state index is 13.1. The zero-order chi connectivity index (χ0) is 17.2. The van der Waals surface area contributed by atoms with Crippen LogP contribution in [0.5, 0.6) is 0 Å². The minimum Gasteiger partial charge on any atom is -0.334 e. The number of hydrogen-bond acceptors (Lipinski definition) is 4. The molecule has 6 nitrogen and oxygen atoms in total. The van der Waals surface area contributed by atoms with Gasteiger partial charge < -0.3 is 9.47 Å². The number of hydrogen-bond donors (Lipinski definition) is 0. The van der Waals surface area contributed by atoms with Crippen molar-refractivity contribution in [3.8, 4) is 0 Å². The van der Waals surface area contributed by atoms with E-state index in [0.29, 0.717) is 6.42 Å². The lowest BCUT2D eigenvalue weighted by Crippen LogP contribution is -2.49. The molecule has 2 aliphatic rings. The minimum atomic E-state index is -3.00. The number of carbonyl (C=O) groups is 1. The van der Waals surface area contributed by atoms with Gasteiger partial charge in [-0.2, -0.15) is 0 Å². The predicted octanol–water partition coefficient (Wildman–Crippen LogP) is 1.79. The van der Waals surface area contributed by atoms with Crippen LogP contribution in [-0.4, -0.2) is 52.4 Å². The summed E-state index contributed by atoms with van der Waals surface area (Å²) in [4.78, 5) is 19.3. The van der Waals surface area contributed by atoms with Gasteiger partial charge in [-0.1, -0.05) is 26.2 Å². The van der Waals surface area contributed by atoms with Crippen molar-refractivity contribution in [1.29, 1.82) is 0 Å². The summed E-state index contributed by atoms with van der Waals surface area (Å²) < 4.78 is 25.7. The maximum Gasteiger partial charge on any atom is 0.243 e. The lowest BCUT2D eigenvalue weighted by atomic mass is 9.93. The zero-order valence-electron chi connectivity index (χ0n) is 14.4. The SMILES string of the molecule is CCc1nccn1CC(=O)N(C1CCCCC1)C1CCS(=O)(=O)C1. The van der Waals surface area contributed by atoms with E-state index in [1.165, 1.54) is 6.42 Å². The molecule has 1 unspecified atom stereocenters. The van der Waals surface area contributed by atoms with Crippen molar-refractivity contribution >= 4 is 15.7 Å². The van der Waals surface area contributed by atoms with E-state index in [0.717, 1.165) is 37.9 Å². The van der Waals surface area contributed by atoms with Crippen LogP contribution in [0.25, 0.3) is 0 Å². The number of aryl methyl sites for hydroxylation is 1. The summed E-state index contributed by atoms with van der Waals surface area (Å²) in [6.45, 7) is 2.28. The molecule has 1 amide bonds. The summed E-state index contributed by atoms with van der Waals surface area (Å²) in [5.41, 5.74) is 0. The Morgan fingerprint density at radius 2 is 2.00 bits per heavy atom. The molecule has 1 saturated heterocycles. The molecule has 2 heterocycles. The van der Waals surface area contributed by atoms with Crippen LogP contribution < -0.4 is 0 Å². The van der Waals surface area contributed by atoms with Crippen molar-refractivity contribution < 1.29 is 13.2 Å². The number of aromatic nitrogens is 2. The van der Waals surface area contributed by atoms with E-state index in [9.17, 15) is 13.2 Å². The fraction of sp³-hybridized carbons (Fsp3) is 0.765. The van der Waals surface area contributed by atoms with Crippen molar-refractivity contribution in [3.05, 3.63) is 18.2 Å². The van der Waals surface area contributed by atoms with Gasteiger partial charge in [0.2, 0.25) is 5.91 Å². The van der Waals surface area contributed by atoms with Crippen molar-refractivity contribution in [3.63, 3.8) is 0 Å². The Labute approximate surface area is 144 Å². The molecule has 0 bridgehead atoms. The van der Waals surface area contributed by atoms with Crippen LogP contribution in [0.1, 0.15) is 51.3 Å². The second kappa shape index (κ2) is 7.25. The lowest BCUT2D eigenvalue weighted by Gasteiger charge is -2.38. The molecule has 1 aliphatic carbocycles. The van der Waals surface area contributed by atoms with Crippen LogP contribution >= 0.6 is 0 Å². The van der Waals surface area contributed by atoms with Crippen LogP contribution in [0.2, 0.25) is 0 Å². The number of rotatable bonds is 5. The highest BCUT2D eigenvalue weighted by molar-refractivity contribution is 7.91. The van der Waals surface area contributed by atoms with Crippen LogP contribution in [0, 0.1) is 0 Å². The first-order chi connectivity index (χ1) is 11.5. The molecule has 1 aliphatic heterocycles. The number of nitrogens with zero attached hydrogens (tertiary/aromatic N) is 3. The third-order valence-electron chi connectivity index (χ3n) is 5.28. The summed E-state index contributed by atoms with van der Waals surface area (Å²) >= 11 is 0. The normalized spacial score (nSPS) is 24.1. The molecule has 0 N–H and O–H groups in total. The van der Waals surface area contributed by atoms with E-state index in [2.05, 4.69) is 4.98 Å². The molecule has 1 aromatic rings. The number of imidazole rings is 1. The van der Waals surface area contributed by atoms with Crippen molar-refractivity contribution in [2.75, 3.05) is 11.5 Å². The Bertz CT molecular complexity index is 677. The number of sulfone groups is 1. The predicted molar refractivity (Wildman–Crippen MR) is 92.4 cm³/mol. The van der Waals surface area contributed by atoms with Crippen LogP contribution in [-0.2, 0) is 27.6 Å². The second-order valence-corrected chi connectivity index (χ2v) is 9.20. The van der Waals surface area contributed by atoms with Gasteiger partial charge in [0.15, 0.2) is 9.84 Å². The van der Waals surface area contributed by atoms with E-state index >= 15 is 0 Å². The van der Waals surface area contributed by atoms with Gasteiger partial charge in [-0.15, -0.1) is 0 Å². The first-order valence-corrected chi connectivity index (χ1v) is 10.8. The molecule has 2 fully saturated rings. The average molecular weight is 353 g/mol. The molecular weight excluding hydrogens is 326 g/mol. The topological polar surface area (TPSA) is 72.3 Å². The summed E-state index contributed by atoms with van der Waals surface area (Å²) in [5, 5.41) is 0. The highest BCUT2D eigenvalue weighted by Crippen LogP contribution is 2.28. The molecule has 1 aromatic heterocycles. The number of carbonyl (C=O) groups excluding carboxylic acids is 1. The van der Waals surface area contributed by atoms with Crippen molar-refractivity contribution in [2.24, 2.45) is 0 Å². The standard InChI is InChI=1S/C17H27N3O3S/c1-2-16-18-9-10-19(16)12-17(21)20(14-6-4-3-5-7-14)15-8-11-24(22,23)13-15/h9-10,14-15H,2-8,11-13H2,1H3. The van der Waals surface area contributed by atoms with Gasteiger partial charge in [-0.05, 0) is 19.3 Å². The van der Waals surface area contributed by atoms with Crippen LogP contribution in [0.15, 0.2) is 12.4 Å². The van der Waals surface area contributed by atoms with Crippen LogP contribution in [0.4, 0.5) is 0 Å². The first-order valence-electron chi connectivity index (χ1n) is 9.02. The Morgan fingerprint density at radius 1 is 1.25 bits per heavy atom. The monoisotopic (exact) mass is 353 g/mol. The Kier molecular flexibility index (Phi) is 5.27. The zero-order valence-corrected chi connectivity index (χ0v) is 15.2. The third kappa shape index (κ3) is 3.82. The van der Waals surface area contributed by atoms with Crippen molar-refractivity contribution in [2.45, 2.75) is 70.5 Å². The van der Waals surface area contributed by atoms with Crippen molar-refractivity contribution in [1.82, 2.24) is 14.5 Å². The fourth-order valence-corrected chi connectivity index (χ4v) is 5.80. The van der Waals surface area contributed by atoms with E-state index < -0.39 is 9.84 Å². The van der Waals surface area contributed by atoms with Gasteiger partial charge in [0.1, 0.15) is 12.4 Å². The highest BCUT2D eigenvalue weighted by Gasteiger charge is 2.38. The molecule has 134 valence electrons. The quantitative estimate of drug-likeness (QED) is 0.809. The molecule has 7 heteroatoms. The fourth-order valence-electron chi connectivity index (χ4n) is 4.09. The number of amides is 1. The van der Waals surface area contributed by atoms with Gasteiger partial charge in [-0.3, -0.25) is 4.79 Å². The van der Waals surface area contributed by atoms with Gasteiger partial charge in [0, 0.05) is 30.9 Å². The smallest absolute Gasteiger partial charge is 0.243 e. The lowest BCUT2D eigenvalue weighted by molar-refractivity contribution is -0.137. The minimum absolute atomic E-state index is 0.0386. The molecule has 1 saturated carbocycles. The Hall–Kier alpha value is -1.37. The molecule has 24 heavy (non-hydrogen) atoms. The Balaban J connectivity index is 1.79. The summed E-state index contributed by atoms with van der Waals surface area (Å²) in [5.74, 6) is 1.27. The second-order valence-electron chi connectivity index (χ2n) is 6.97. The largest absolute Gasteiger partial charge is 0.334 e. The van der Waals surface area contributed by atoms with Gasteiger partial charge >= 0.3 is 0 Å². The van der Waals surface area contributed by atoms with Crippen LogP contribution in [0.3, 0.4) is 0 Å². The molecule has 1 atom stereocenters. The van der Waals surface area contributed by atoms with Gasteiger partial charge in [-0.25, -0.2) is 13.4 Å². The highest BCUT2D eigenvalue weighted by atomic mass is 32.2. The molecule has 0 spiro atoms. The van der Waals surface area contributed by atoms with E-state index in [1.807, 2.05) is 22.6 Å². The van der Waals surface area contributed by atoms with E-state index in [4.69, 9.17) is 0 Å². The first kappa shape index (κ1) is 17.5. The molecule has 3 rings (SSSR count). The Morgan fingerprint density at radius 3 is 2.62 bits per heavy atom. The summed E-state index contributed by atoms with van der Waals surface area (Å²) in [6.07, 6.45) is 10.4. The summed E-state index contributed by atoms with van der Waals surface area (Å²) in [7, 11) is -3.00. The van der Waals surface area contributed by atoms with E-state index in [1.54, 1.807) is 6.20 Å². The molecule has 0 radical (unpaired) electrons.